The van der Waals surface area contributed by atoms with Crippen molar-refractivity contribution >= 4 is 21.7 Å². The van der Waals surface area contributed by atoms with E-state index < -0.39 is 0 Å². The molecule has 0 radical (unpaired) electrons. The molecule has 0 unspecified atom stereocenters. The number of ketones is 1. The van der Waals surface area contributed by atoms with E-state index in [-0.39, 0.29) is 11.7 Å². The first kappa shape index (κ1) is 15.8. The summed E-state index contributed by atoms with van der Waals surface area (Å²) in [5, 5.41) is 12.9. The van der Waals surface area contributed by atoms with Crippen molar-refractivity contribution in [2.75, 3.05) is 7.11 Å². The number of nitriles is 1. The fourth-order valence-corrected chi connectivity index (χ4v) is 3.75. The van der Waals surface area contributed by atoms with Gasteiger partial charge in [0, 0.05) is 33.4 Å². The van der Waals surface area contributed by atoms with Crippen LogP contribution in [0.3, 0.4) is 0 Å². The molecule has 0 amide bonds. The molecule has 0 fully saturated rings. The third-order valence-corrected chi connectivity index (χ3v) is 4.89. The third kappa shape index (κ3) is 2.68. The lowest BCUT2D eigenvalue weighted by atomic mass is 9.75. The molecule has 3 rings (SSSR count). The van der Waals surface area contributed by atoms with Gasteiger partial charge in [0.05, 0.1) is 24.7 Å². The number of nitrogens with one attached hydrogen (secondary N) is 1. The number of rotatable bonds is 2. The van der Waals surface area contributed by atoms with Crippen LogP contribution in [0.2, 0.25) is 0 Å². The Morgan fingerprint density at radius 3 is 2.87 bits per heavy atom. The van der Waals surface area contributed by atoms with E-state index in [1.807, 2.05) is 25.1 Å². The lowest BCUT2D eigenvalue weighted by Gasteiger charge is -2.33. The Hall–Kier alpha value is -2.06. The van der Waals surface area contributed by atoms with Gasteiger partial charge in [-0.25, -0.2) is 0 Å². The van der Waals surface area contributed by atoms with Crippen molar-refractivity contribution in [2.24, 2.45) is 0 Å². The van der Waals surface area contributed by atoms with Crippen LogP contribution in [0.25, 0.3) is 0 Å². The van der Waals surface area contributed by atoms with Gasteiger partial charge in [0.15, 0.2) is 5.78 Å². The van der Waals surface area contributed by atoms with Crippen LogP contribution < -0.4 is 10.1 Å². The molecule has 1 atom stereocenters. The van der Waals surface area contributed by atoms with Crippen LogP contribution in [0.4, 0.5) is 0 Å². The van der Waals surface area contributed by atoms with Crippen LogP contribution in [-0.2, 0) is 4.79 Å². The minimum Gasteiger partial charge on any atom is -0.496 e. The van der Waals surface area contributed by atoms with Gasteiger partial charge >= 0.3 is 0 Å². The predicted octanol–water partition coefficient (Wildman–Crippen LogP) is 3.95. The van der Waals surface area contributed by atoms with Gasteiger partial charge in [-0.2, -0.15) is 5.26 Å². The average Bonchev–Trinajstić information content (AvgIpc) is 2.53. The molecular weight excluding hydrogens is 356 g/mol. The number of methoxy groups -OCH3 is 1. The monoisotopic (exact) mass is 372 g/mol. The van der Waals surface area contributed by atoms with Crippen molar-refractivity contribution < 1.29 is 9.53 Å². The predicted molar refractivity (Wildman–Crippen MR) is 90.8 cm³/mol. The molecule has 0 saturated carbocycles. The van der Waals surface area contributed by atoms with Crippen molar-refractivity contribution in [1.82, 2.24) is 5.32 Å². The number of hydrogen-bond acceptors (Lipinski definition) is 4. The fraction of sp³-hybridized carbons (Fsp3) is 0.333. The summed E-state index contributed by atoms with van der Waals surface area (Å²) >= 11 is 3.48. The van der Waals surface area contributed by atoms with Crippen LogP contribution in [0.1, 0.15) is 37.7 Å². The minimum absolute atomic E-state index is 0.117. The highest BCUT2D eigenvalue weighted by Crippen LogP contribution is 2.45. The summed E-state index contributed by atoms with van der Waals surface area (Å²) < 4.78 is 6.39. The molecule has 23 heavy (non-hydrogen) atoms. The highest BCUT2D eigenvalue weighted by molar-refractivity contribution is 9.10. The number of dihydropyridines is 1. The average molecular weight is 373 g/mol. The molecule has 0 aromatic heterocycles. The zero-order valence-electron chi connectivity index (χ0n) is 13.1. The molecule has 5 heteroatoms. The molecule has 4 nitrogen and oxygen atoms in total. The van der Waals surface area contributed by atoms with E-state index in [1.54, 1.807) is 7.11 Å². The van der Waals surface area contributed by atoms with E-state index in [2.05, 4.69) is 27.3 Å². The third-order valence-electron chi connectivity index (χ3n) is 4.40. The normalized spacial score (nSPS) is 20.8. The number of carbonyl (C=O) groups is 1. The molecule has 0 spiro atoms. The van der Waals surface area contributed by atoms with Crippen LogP contribution in [0.5, 0.6) is 5.75 Å². The first-order valence-corrected chi connectivity index (χ1v) is 8.33. The second-order valence-corrected chi connectivity index (χ2v) is 6.68. The Morgan fingerprint density at radius 2 is 2.17 bits per heavy atom. The molecule has 0 saturated heterocycles. The summed E-state index contributed by atoms with van der Waals surface area (Å²) in [6.07, 6.45) is 2.22. The fourth-order valence-electron chi connectivity index (χ4n) is 3.37. The molecule has 1 aliphatic carbocycles. The van der Waals surface area contributed by atoms with E-state index in [0.717, 1.165) is 39.8 Å². The number of ether oxygens (including phenoxy) is 1. The van der Waals surface area contributed by atoms with Gasteiger partial charge in [-0.15, -0.1) is 0 Å². The summed E-state index contributed by atoms with van der Waals surface area (Å²) in [6, 6.07) is 7.98. The van der Waals surface area contributed by atoms with Crippen molar-refractivity contribution in [3.8, 4) is 11.8 Å². The van der Waals surface area contributed by atoms with Gasteiger partial charge in [0.2, 0.25) is 0 Å². The summed E-state index contributed by atoms with van der Waals surface area (Å²) in [5.41, 5.74) is 3.91. The van der Waals surface area contributed by atoms with Crippen LogP contribution in [-0.4, -0.2) is 12.9 Å². The number of carbonyl (C=O) groups excluding carboxylic acids is 1. The van der Waals surface area contributed by atoms with Crippen LogP contribution in [0, 0.1) is 11.3 Å². The van der Waals surface area contributed by atoms with Crippen LogP contribution in [0.15, 0.2) is 45.2 Å². The Balaban J connectivity index is 2.26. The van der Waals surface area contributed by atoms with E-state index in [9.17, 15) is 10.1 Å². The maximum absolute atomic E-state index is 12.6. The Labute approximate surface area is 144 Å². The second kappa shape index (κ2) is 6.21. The molecule has 1 heterocycles. The molecule has 1 aromatic rings. The minimum atomic E-state index is -0.364. The molecule has 2 aliphatic rings. The molecule has 0 bridgehead atoms. The van der Waals surface area contributed by atoms with Gasteiger partial charge in [-0.05, 0) is 38.0 Å². The molecule has 1 aromatic carbocycles. The molecule has 1 N–H and O–H groups in total. The summed E-state index contributed by atoms with van der Waals surface area (Å²) in [5.74, 6) is 0.438. The number of halogens is 1. The maximum Gasteiger partial charge on any atom is 0.161 e. The second-order valence-electron chi connectivity index (χ2n) is 5.76. The number of benzene rings is 1. The lowest BCUT2D eigenvalue weighted by molar-refractivity contribution is -0.116. The first-order valence-electron chi connectivity index (χ1n) is 7.54. The quantitative estimate of drug-likeness (QED) is 0.853. The van der Waals surface area contributed by atoms with Gasteiger partial charge in [0.1, 0.15) is 5.75 Å². The first-order chi connectivity index (χ1) is 11.1. The van der Waals surface area contributed by atoms with Gasteiger partial charge in [-0.3, -0.25) is 4.79 Å². The number of nitrogens with zero attached hydrogens (tertiary/aromatic N) is 1. The molecular formula is C18H17BrN2O2. The zero-order chi connectivity index (χ0) is 16.6. The molecule has 1 aliphatic heterocycles. The standard InChI is InChI=1S/C18H17BrN2O2/c1-10-13(9-20)17(12-8-11(19)6-7-16(12)23-2)18-14(21-10)4-3-5-15(18)22/h6-8,17,21H,3-5H2,1-2H3/t17-/m1/s1. The summed E-state index contributed by atoms with van der Waals surface area (Å²) in [7, 11) is 1.61. The topological polar surface area (TPSA) is 62.1 Å². The number of hydrogen-bond donors (Lipinski definition) is 1. The van der Waals surface area contributed by atoms with Crippen molar-refractivity contribution in [1.29, 1.82) is 5.26 Å². The smallest absolute Gasteiger partial charge is 0.161 e. The summed E-state index contributed by atoms with van der Waals surface area (Å²) in [4.78, 5) is 12.6. The van der Waals surface area contributed by atoms with Crippen molar-refractivity contribution in [3.05, 3.63) is 50.8 Å². The number of Topliss-reactive ketones (excluding diaryl/α,β-unsaturated/α-hetero) is 1. The van der Waals surface area contributed by atoms with Crippen molar-refractivity contribution in [2.45, 2.75) is 32.1 Å². The molecule has 118 valence electrons. The Kier molecular flexibility index (Phi) is 4.27. The van der Waals surface area contributed by atoms with E-state index in [1.165, 1.54) is 0 Å². The highest BCUT2D eigenvalue weighted by atomic mass is 79.9. The number of allylic oxidation sites excluding steroid dienone is 4. The lowest BCUT2D eigenvalue weighted by Crippen LogP contribution is -2.31. The van der Waals surface area contributed by atoms with Crippen molar-refractivity contribution in [3.63, 3.8) is 0 Å². The van der Waals surface area contributed by atoms with Gasteiger partial charge in [-0.1, -0.05) is 15.9 Å². The largest absolute Gasteiger partial charge is 0.496 e. The zero-order valence-corrected chi connectivity index (χ0v) is 14.7. The van der Waals surface area contributed by atoms with E-state index in [0.29, 0.717) is 17.7 Å². The maximum atomic E-state index is 12.6. The van der Waals surface area contributed by atoms with Gasteiger partial charge in [0.25, 0.3) is 0 Å². The van der Waals surface area contributed by atoms with Gasteiger partial charge < -0.3 is 10.1 Å². The van der Waals surface area contributed by atoms with E-state index >= 15 is 0 Å². The van der Waals surface area contributed by atoms with Crippen LogP contribution >= 0.6 is 15.9 Å². The summed E-state index contributed by atoms with van der Waals surface area (Å²) in [6.45, 7) is 1.89. The van der Waals surface area contributed by atoms with E-state index in [4.69, 9.17) is 4.74 Å². The Bertz CT molecular complexity index is 787. The Morgan fingerprint density at radius 1 is 1.39 bits per heavy atom. The highest BCUT2D eigenvalue weighted by Gasteiger charge is 2.37. The SMILES string of the molecule is COc1ccc(Br)cc1[C@@H]1C(C#N)=C(C)NC2=C1C(=O)CCC2.